The number of nitrogens with two attached hydrogens (primary N) is 6. The van der Waals surface area contributed by atoms with Gasteiger partial charge in [-0.3, -0.25) is 57.9 Å². The first-order valence-electron chi connectivity index (χ1n) is 30.3. The Kier molecular flexibility index (Phi) is 25.1. The van der Waals surface area contributed by atoms with Crippen LogP contribution in [0, 0.1) is 29.1 Å². The summed E-state index contributed by atoms with van der Waals surface area (Å²) in [7, 11) is 0. The van der Waals surface area contributed by atoms with Crippen LogP contribution in [-0.2, 0) is 60.8 Å². The highest BCUT2D eigenvalue weighted by molar-refractivity contribution is 5.97. The van der Waals surface area contributed by atoms with E-state index in [4.69, 9.17) is 34.4 Å². The number of hydrogen-bond acceptors (Lipinski definition) is 13. The van der Waals surface area contributed by atoms with Crippen molar-refractivity contribution >= 4 is 71.0 Å². The van der Waals surface area contributed by atoms with Gasteiger partial charge in [0, 0.05) is 51.9 Å². The molecule has 0 unspecified atom stereocenters. The van der Waals surface area contributed by atoms with Gasteiger partial charge in [0.1, 0.15) is 48.0 Å². The van der Waals surface area contributed by atoms with Gasteiger partial charge in [0.05, 0.1) is 6.42 Å². The molecule has 5 fully saturated rings. The highest BCUT2D eigenvalue weighted by atomic mass is 16.3. The summed E-state index contributed by atoms with van der Waals surface area (Å²) in [6.45, 7) is 3.75. The zero-order valence-corrected chi connectivity index (χ0v) is 49.9. The van der Waals surface area contributed by atoms with Gasteiger partial charge >= 0.3 is 0 Å². The number of rotatable bonds is 34. The highest BCUT2D eigenvalue weighted by Gasteiger charge is 2.52. The number of phenolic OH excluding ortho intramolecular Hbond substituents is 1. The smallest absolute Gasteiger partial charge is 0.243 e. The molecule has 5 aliphatic rings. The number of amides is 10. The number of carbonyl (C=O) groups excluding carboxylic acids is 10. The van der Waals surface area contributed by atoms with Crippen molar-refractivity contribution in [3.8, 4) is 5.75 Å². The average Bonchev–Trinajstić information content (AvgIpc) is 3.50. The minimum atomic E-state index is -1.51. The molecule has 0 aromatic heterocycles. The van der Waals surface area contributed by atoms with Crippen molar-refractivity contribution in [1.29, 1.82) is 0 Å². The third-order valence-electron chi connectivity index (χ3n) is 16.9. The van der Waals surface area contributed by atoms with Gasteiger partial charge in [0.25, 0.3) is 0 Å². The maximum Gasteiger partial charge on any atom is 0.243 e. The van der Waals surface area contributed by atoms with Gasteiger partial charge in [-0.15, -0.1) is 0 Å². The molecule has 4 saturated carbocycles. The molecule has 7 atom stereocenters. The molecule has 0 spiro atoms. The lowest BCUT2D eigenvalue weighted by Gasteiger charge is -2.56. The second-order valence-corrected chi connectivity index (χ2v) is 24.4. The molecule has 87 heavy (non-hydrogen) atoms. The van der Waals surface area contributed by atoms with E-state index in [1.807, 2.05) is 0 Å². The van der Waals surface area contributed by atoms with Crippen molar-refractivity contribution in [3.05, 3.63) is 65.7 Å². The minimum Gasteiger partial charge on any atom is -0.508 e. The SMILES string of the molecule is CC(C)[C@H](NC(=O)[C@H](Cc1ccccc1)NC(=O)[C@@H](Cc1ccc(O)cc1)NC(=O)CC12CC3CC(CC(C3)C1)C2)C(=O)N[C@@H](CC(N)=O)C(=O)NCCCC(=O)N1CCC[C@@H]1C(=O)N[C@@H](CCCN=C(N)N)C(=O)N[C@@H](CCCN=C(N)N)C(N)=O. The van der Waals surface area contributed by atoms with E-state index in [0.29, 0.717) is 48.1 Å². The molecule has 1 heterocycles. The standard InChI is InChI=1S/C60H90N16O11/c1-34(2)50(75-55(85)44(27-35-10-4-3-5-11-35)73-54(84)43(28-36-16-18-40(77)19-17-36)70-48(79)33-60-30-37-24-38(31-60)26-39(25-37)32-60)57(87)74-45(29-47(61)78)52(82)67-20-8-15-49(80)76-23-9-14-46(76)56(86)72-42(13-7-22-69-59(65)66)53(83)71-41(51(62)81)12-6-21-68-58(63)64/h3-5,10-11,16-19,34,37-39,41-46,50,77H,6-9,12-15,20-33H2,1-2H3,(H2,61,78)(H2,62,81)(H,67,82)(H,70,79)(H,71,83)(H,72,86)(H,73,84)(H,74,87)(H,75,85)(H4,63,64,68)(H4,65,66,69)/t37?,38?,39?,41-,42-,43+,44-,45-,46+,50-,60?/m0/s1. The van der Waals surface area contributed by atoms with Crippen LogP contribution in [-0.4, -0.2) is 149 Å². The summed E-state index contributed by atoms with van der Waals surface area (Å²) in [6.07, 6.45) is 7.71. The van der Waals surface area contributed by atoms with E-state index < -0.39 is 108 Å². The zero-order valence-electron chi connectivity index (χ0n) is 49.9. The molecule has 0 radical (unpaired) electrons. The molecular weight excluding hydrogens is 1120 g/mol. The molecule has 27 nitrogen and oxygen atoms in total. The lowest BCUT2D eigenvalue weighted by molar-refractivity contribution is -0.140. The van der Waals surface area contributed by atoms with Crippen molar-refractivity contribution in [1.82, 2.24) is 42.1 Å². The van der Waals surface area contributed by atoms with Gasteiger partial charge in [-0.25, -0.2) is 0 Å². The number of aromatic hydroxyl groups is 1. The summed E-state index contributed by atoms with van der Waals surface area (Å²) in [5.74, 6) is -5.81. The van der Waals surface area contributed by atoms with E-state index in [1.54, 1.807) is 56.3 Å². The Balaban J connectivity index is 1.06. The van der Waals surface area contributed by atoms with E-state index in [-0.39, 0.29) is 107 Å². The Morgan fingerprint density at radius 3 is 1.70 bits per heavy atom. The monoisotopic (exact) mass is 1210 g/mol. The van der Waals surface area contributed by atoms with E-state index in [9.17, 15) is 53.1 Å². The van der Waals surface area contributed by atoms with Crippen molar-refractivity contribution in [2.75, 3.05) is 26.2 Å². The topological polar surface area (TPSA) is 459 Å². The van der Waals surface area contributed by atoms with E-state index in [1.165, 1.54) is 36.3 Å². The van der Waals surface area contributed by atoms with Gasteiger partial charge < -0.3 is 81.6 Å². The average molecular weight is 1210 g/mol. The third kappa shape index (κ3) is 21.1. The van der Waals surface area contributed by atoms with E-state index in [0.717, 1.165) is 19.3 Å². The molecule has 1 saturated heterocycles. The molecule has 27 heteroatoms. The summed E-state index contributed by atoms with van der Waals surface area (Å²) in [5, 5.41) is 29.2. The van der Waals surface area contributed by atoms with Crippen molar-refractivity contribution < 1.29 is 53.1 Å². The zero-order chi connectivity index (χ0) is 63.4. The van der Waals surface area contributed by atoms with E-state index in [2.05, 4.69) is 47.2 Å². The summed E-state index contributed by atoms with van der Waals surface area (Å²) >= 11 is 0. The first kappa shape index (κ1) is 67.6. The molecule has 4 bridgehead atoms. The van der Waals surface area contributed by atoms with Gasteiger partial charge in [0.15, 0.2) is 11.9 Å². The maximum absolute atomic E-state index is 14.5. The predicted octanol–water partition coefficient (Wildman–Crippen LogP) is -1.30. The summed E-state index contributed by atoms with van der Waals surface area (Å²) in [5.41, 5.74) is 34.0. The van der Waals surface area contributed by atoms with Crippen LogP contribution in [0.1, 0.15) is 128 Å². The third-order valence-corrected chi connectivity index (χ3v) is 16.9. The number of aliphatic imine (C=N–C) groups is 2. The number of benzene rings is 2. The number of guanidine groups is 2. The normalized spacial score (nSPS) is 21.1. The van der Waals surface area contributed by atoms with Crippen LogP contribution < -0.4 is 71.6 Å². The number of nitrogens with zero attached hydrogens (tertiary/aromatic N) is 3. The van der Waals surface area contributed by atoms with Crippen LogP contribution in [0.25, 0.3) is 0 Å². The maximum atomic E-state index is 14.5. The molecule has 20 N–H and O–H groups in total. The fourth-order valence-electron chi connectivity index (χ4n) is 13.1. The van der Waals surface area contributed by atoms with Crippen molar-refractivity contribution in [3.63, 3.8) is 0 Å². The Hall–Kier alpha value is -8.52. The van der Waals surface area contributed by atoms with Gasteiger partial charge in [0.2, 0.25) is 59.1 Å². The number of likely N-dealkylation sites (tertiary alicyclic amines) is 1. The Morgan fingerprint density at radius 2 is 1.14 bits per heavy atom. The first-order chi connectivity index (χ1) is 41.4. The number of carbonyl (C=O) groups is 10. The molecule has 4 aliphatic carbocycles. The molecule has 7 rings (SSSR count). The van der Waals surface area contributed by atoms with Crippen molar-refractivity contribution in [2.24, 2.45) is 73.5 Å². The van der Waals surface area contributed by atoms with Crippen LogP contribution >= 0.6 is 0 Å². The highest BCUT2D eigenvalue weighted by Crippen LogP contribution is 2.61. The van der Waals surface area contributed by atoms with Gasteiger partial charge in [-0.2, -0.15) is 0 Å². The van der Waals surface area contributed by atoms with Gasteiger partial charge in [-0.1, -0.05) is 56.3 Å². The Morgan fingerprint density at radius 1 is 0.609 bits per heavy atom. The lowest BCUT2D eigenvalue weighted by atomic mass is 9.49. The molecular formula is C60H90N16O11. The van der Waals surface area contributed by atoms with Crippen molar-refractivity contribution in [2.45, 2.75) is 172 Å². The number of hydrogen-bond donors (Lipinski definition) is 14. The predicted molar refractivity (Wildman–Crippen MR) is 323 cm³/mol. The quantitative estimate of drug-likeness (QED) is 0.0220. The number of phenols is 1. The van der Waals surface area contributed by atoms with E-state index >= 15 is 0 Å². The fraction of sp³-hybridized carbons (Fsp3) is 0.600. The minimum absolute atomic E-state index is 0.00801. The van der Waals surface area contributed by atoms with Crippen LogP contribution in [0.3, 0.4) is 0 Å². The largest absolute Gasteiger partial charge is 0.508 e. The number of primary amides is 2. The summed E-state index contributed by atoms with van der Waals surface area (Å²) in [4.78, 5) is 146. The molecule has 476 valence electrons. The Bertz CT molecular complexity index is 2770. The van der Waals surface area contributed by atoms with Crippen LogP contribution in [0.5, 0.6) is 5.75 Å². The molecule has 10 amide bonds. The first-order valence-corrected chi connectivity index (χ1v) is 30.3. The van der Waals surface area contributed by atoms with Crippen LogP contribution in [0.2, 0.25) is 0 Å². The number of nitrogens with one attached hydrogen (secondary N) is 7. The second-order valence-electron chi connectivity index (χ2n) is 24.4. The van der Waals surface area contributed by atoms with Gasteiger partial charge in [-0.05, 0) is 136 Å². The summed E-state index contributed by atoms with van der Waals surface area (Å²) < 4.78 is 0. The molecule has 1 aliphatic heterocycles. The molecule has 2 aromatic rings. The lowest BCUT2D eigenvalue weighted by Crippen LogP contribution is -2.60. The Labute approximate surface area is 507 Å². The molecule has 2 aromatic carbocycles. The summed E-state index contributed by atoms with van der Waals surface area (Å²) in [6, 6.07) is 6.75. The fourth-order valence-corrected chi connectivity index (χ4v) is 13.1. The van der Waals surface area contributed by atoms with Crippen LogP contribution in [0.4, 0.5) is 0 Å². The van der Waals surface area contributed by atoms with Crippen LogP contribution in [0.15, 0.2) is 64.6 Å². The second kappa shape index (κ2) is 32.3.